The molecule has 4 rings (SSSR count). The Bertz CT molecular complexity index is 1070. The molecule has 1 fully saturated rings. The Morgan fingerprint density at radius 1 is 1.04 bits per heavy atom. The van der Waals surface area contributed by atoms with E-state index in [4.69, 9.17) is 0 Å². The Balaban J connectivity index is 1.72. The normalized spacial score (nSPS) is 17.6. The SMILES string of the molecule is CN1C(=O)/C(=C/c2cccc3ccccc23)SC1=Nc1cccc(O)c1. The number of likely N-dealkylation sites (N-methyl/N-ethyl adjacent to an activating group) is 1. The van der Waals surface area contributed by atoms with E-state index >= 15 is 0 Å². The van der Waals surface area contributed by atoms with E-state index in [2.05, 4.69) is 23.2 Å². The number of amidine groups is 1. The van der Waals surface area contributed by atoms with E-state index in [1.54, 1.807) is 31.3 Å². The third-order valence-corrected chi connectivity index (χ3v) is 5.23. The number of amides is 1. The predicted octanol–water partition coefficient (Wildman–Crippen LogP) is 4.78. The van der Waals surface area contributed by atoms with E-state index in [1.807, 2.05) is 30.3 Å². The van der Waals surface area contributed by atoms with E-state index in [0.717, 1.165) is 16.3 Å². The van der Waals surface area contributed by atoms with Crippen molar-refractivity contribution < 1.29 is 9.90 Å². The van der Waals surface area contributed by atoms with Crippen LogP contribution in [0.1, 0.15) is 5.56 Å². The van der Waals surface area contributed by atoms with E-state index in [0.29, 0.717) is 15.8 Å². The van der Waals surface area contributed by atoms with Gasteiger partial charge < -0.3 is 5.11 Å². The summed E-state index contributed by atoms with van der Waals surface area (Å²) < 4.78 is 0. The van der Waals surface area contributed by atoms with Crippen LogP contribution < -0.4 is 0 Å². The first kappa shape index (κ1) is 16.4. The van der Waals surface area contributed by atoms with Gasteiger partial charge in [0.2, 0.25) is 0 Å². The van der Waals surface area contributed by atoms with Crippen molar-refractivity contribution in [2.45, 2.75) is 0 Å². The van der Waals surface area contributed by atoms with Gasteiger partial charge in [0.25, 0.3) is 5.91 Å². The van der Waals surface area contributed by atoms with E-state index in [9.17, 15) is 9.90 Å². The molecule has 3 aromatic rings. The molecule has 0 spiro atoms. The van der Waals surface area contributed by atoms with Crippen molar-refractivity contribution in [1.29, 1.82) is 0 Å². The van der Waals surface area contributed by atoms with Crippen molar-refractivity contribution >= 4 is 45.4 Å². The van der Waals surface area contributed by atoms with E-state index in [1.165, 1.54) is 16.7 Å². The highest BCUT2D eigenvalue weighted by Gasteiger charge is 2.30. The number of hydrogen-bond acceptors (Lipinski definition) is 4. The number of phenolic OH excluding ortho intramolecular Hbond substituents is 1. The molecule has 0 aliphatic carbocycles. The second-order valence-corrected chi connectivity index (χ2v) is 6.97. The van der Waals surface area contributed by atoms with Crippen LogP contribution in [0.2, 0.25) is 0 Å². The average Bonchev–Trinajstić information content (AvgIpc) is 2.90. The summed E-state index contributed by atoms with van der Waals surface area (Å²) in [5, 5.41) is 12.4. The van der Waals surface area contributed by atoms with Crippen LogP contribution in [0, 0.1) is 0 Å². The fourth-order valence-electron chi connectivity index (χ4n) is 2.84. The van der Waals surface area contributed by atoms with Crippen LogP contribution in [0.5, 0.6) is 5.75 Å². The number of nitrogens with zero attached hydrogens (tertiary/aromatic N) is 2. The molecule has 0 bridgehead atoms. The number of aliphatic imine (C=N–C) groups is 1. The molecule has 1 amide bonds. The van der Waals surface area contributed by atoms with E-state index < -0.39 is 0 Å². The largest absolute Gasteiger partial charge is 0.508 e. The van der Waals surface area contributed by atoms with Gasteiger partial charge in [-0.3, -0.25) is 9.69 Å². The van der Waals surface area contributed by atoms with Crippen molar-refractivity contribution in [3.63, 3.8) is 0 Å². The lowest BCUT2D eigenvalue weighted by atomic mass is 10.0. The standard InChI is InChI=1S/C21H16N2O2S/c1-23-20(25)19(26-21(23)22-16-9-5-10-17(24)13-16)12-15-8-4-7-14-6-2-3-11-18(14)15/h2-13,24H,1H3/b19-12-,22-21?. The number of fused-ring (bicyclic) bond motifs is 1. The number of phenols is 1. The van der Waals surface area contributed by atoms with Crippen molar-refractivity contribution in [3.8, 4) is 5.75 Å². The maximum atomic E-state index is 12.6. The highest BCUT2D eigenvalue weighted by Crippen LogP contribution is 2.34. The number of aromatic hydroxyl groups is 1. The first-order valence-corrected chi connectivity index (χ1v) is 8.96. The summed E-state index contributed by atoms with van der Waals surface area (Å²) >= 11 is 1.34. The van der Waals surface area contributed by atoms with Crippen LogP contribution in [-0.4, -0.2) is 28.1 Å². The average molecular weight is 360 g/mol. The van der Waals surface area contributed by atoms with Crippen LogP contribution in [-0.2, 0) is 4.79 Å². The first-order valence-electron chi connectivity index (χ1n) is 8.15. The Labute approximate surface area is 155 Å². The van der Waals surface area contributed by atoms with Crippen molar-refractivity contribution in [3.05, 3.63) is 77.2 Å². The summed E-state index contributed by atoms with van der Waals surface area (Å²) in [6, 6.07) is 20.8. The summed E-state index contributed by atoms with van der Waals surface area (Å²) in [4.78, 5) is 19.3. The summed E-state index contributed by atoms with van der Waals surface area (Å²) in [6.07, 6.45) is 1.91. The van der Waals surface area contributed by atoms with Gasteiger partial charge in [-0.2, -0.15) is 0 Å². The predicted molar refractivity (Wildman–Crippen MR) is 107 cm³/mol. The summed E-state index contributed by atoms with van der Waals surface area (Å²) in [6.45, 7) is 0. The maximum Gasteiger partial charge on any atom is 0.266 e. The molecule has 1 aliphatic heterocycles. The topological polar surface area (TPSA) is 52.9 Å². The molecule has 1 saturated heterocycles. The summed E-state index contributed by atoms with van der Waals surface area (Å²) in [7, 11) is 1.71. The van der Waals surface area contributed by atoms with Gasteiger partial charge in [0.1, 0.15) is 5.75 Å². The van der Waals surface area contributed by atoms with Gasteiger partial charge in [0.05, 0.1) is 10.6 Å². The lowest BCUT2D eigenvalue weighted by Crippen LogP contribution is -2.23. The van der Waals surface area contributed by atoms with Gasteiger partial charge >= 0.3 is 0 Å². The molecule has 26 heavy (non-hydrogen) atoms. The lowest BCUT2D eigenvalue weighted by Gasteiger charge is -2.07. The van der Waals surface area contributed by atoms with Gasteiger partial charge in [-0.25, -0.2) is 4.99 Å². The quantitative estimate of drug-likeness (QED) is 0.669. The summed E-state index contributed by atoms with van der Waals surface area (Å²) in [5.74, 6) is 0.0668. The Kier molecular flexibility index (Phi) is 4.22. The monoisotopic (exact) mass is 360 g/mol. The zero-order valence-electron chi connectivity index (χ0n) is 14.1. The molecule has 128 valence electrons. The van der Waals surface area contributed by atoms with Crippen molar-refractivity contribution in [2.24, 2.45) is 4.99 Å². The Morgan fingerprint density at radius 2 is 1.81 bits per heavy atom. The third-order valence-electron chi connectivity index (χ3n) is 4.17. The summed E-state index contributed by atoms with van der Waals surface area (Å²) in [5.41, 5.74) is 1.62. The fourth-order valence-corrected chi connectivity index (χ4v) is 3.82. The number of rotatable bonds is 2. The molecule has 3 aromatic carbocycles. The molecule has 0 saturated carbocycles. The van der Waals surface area contributed by atoms with Crippen LogP contribution in [0.4, 0.5) is 5.69 Å². The number of hydrogen-bond donors (Lipinski definition) is 1. The van der Waals surface area contributed by atoms with Crippen molar-refractivity contribution in [1.82, 2.24) is 4.90 Å². The molecule has 0 radical (unpaired) electrons. The van der Waals surface area contributed by atoms with E-state index in [-0.39, 0.29) is 11.7 Å². The van der Waals surface area contributed by atoms with Crippen LogP contribution in [0.25, 0.3) is 16.8 Å². The molecular weight excluding hydrogens is 344 g/mol. The molecule has 1 aliphatic rings. The van der Waals surface area contributed by atoms with Crippen LogP contribution in [0.3, 0.4) is 0 Å². The Hall–Kier alpha value is -3.05. The molecule has 0 aromatic heterocycles. The minimum atomic E-state index is -0.0816. The molecule has 1 heterocycles. The highest BCUT2D eigenvalue weighted by atomic mass is 32.2. The highest BCUT2D eigenvalue weighted by molar-refractivity contribution is 8.18. The van der Waals surface area contributed by atoms with Gasteiger partial charge in [0.15, 0.2) is 5.17 Å². The second kappa shape index (κ2) is 6.69. The second-order valence-electron chi connectivity index (χ2n) is 5.96. The van der Waals surface area contributed by atoms with Gasteiger partial charge in [-0.05, 0) is 46.3 Å². The van der Waals surface area contributed by atoms with Gasteiger partial charge in [0, 0.05) is 13.1 Å². The first-order chi connectivity index (χ1) is 12.6. The molecule has 0 unspecified atom stereocenters. The molecule has 1 N–H and O–H groups in total. The number of carbonyl (C=O) groups excluding carboxylic acids is 1. The molecular formula is C21H16N2O2S. The zero-order valence-corrected chi connectivity index (χ0v) is 14.9. The lowest BCUT2D eigenvalue weighted by molar-refractivity contribution is -0.121. The zero-order chi connectivity index (χ0) is 18.1. The number of carbonyl (C=O) groups is 1. The minimum Gasteiger partial charge on any atom is -0.508 e. The third kappa shape index (κ3) is 3.09. The smallest absolute Gasteiger partial charge is 0.266 e. The molecule has 5 heteroatoms. The maximum absolute atomic E-state index is 12.6. The Morgan fingerprint density at radius 3 is 2.65 bits per heavy atom. The van der Waals surface area contributed by atoms with Crippen LogP contribution in [0.15, 0.2) is 76.6 Å². The number of benzene rings is 3. The number of thioether (sulfide) groups is 1. The minimum absolute atomic E-state index is 0.0816. The fraction of sp³-hybridized carbons (Fsp3) is 0.0476. The van der Waals surface area contributed by atoms with Crippen molar-refractivity contribution in [2.75, 3.05) is 7.05 Å². The van der Waals surface area contributed by atoms with Gasteiger partial charge in [-0.15, -0.1) is 0 Å². The molecule has 4 nitrogen and oxygen atoms in total. The van der Waals surface area contributed by atoms with Crippen LogP contribution >= 0.6 is 11.8 Å². The van der Waals surface area contributed by atoms with Gasteiger partial charge in [-0.1, -0.05) is 48.5 Å². The molecule has 0 atom stereocenters.